The number of hydrogen-bond donors (Lipinski definition) is 1. The van der Waals surface area contributed by atoms with Crippen LogP contribution in [0.15, 0.2) is 48.5 Å². The van der Waals surface area contributed by atoms with Gasteiger partial charge in [-0.25, -0.2) is 0 Å². The number of carbonyl (C=O) groups is 2. The second kappa shape index (κ2) is 10.8. The number of nitrogens with zero attached hydrogens (tertiary/aromatic N) is 2. The van der Waals surface area contributed by atoms with Gasteiger partial charge in [0.1, 0.15) is 5.75 Å². The molecule has 2 aromatic carbocycles. The van der Waals surface area contributed by atoms with Crippen LogP contribution in [0.2, 0.25) is 0 Å². The number of ketones is 1. The quantitative estimate of drug-likeness (QED) is 0.645. The minimum Gasteiger partial charge on any atom is -0.494 e. The number of carbonyl (C=O) groups excluding carboxylic acids is 2. The molecule has 0 unspecified atom stereocenters. The standard InChI is InChI=1S/C24H31N3O3/c1-3-30-21-10-8-19(9-11-21)23(28)12-13-24(29)25-18-20-6-4-5-7-22(20)27-16-14-26(2)15-17-27/h4-11H,3,12-18H2,1-2H3,(H,25,29). The maximum absolute atomic E-state index is 12.3. The van der Waals surface area contributed by atoms with E-state index in [4.69, 9.17) is 4.74 Å². The Bertz CT molecular complexity index is 843. The predicted octanol–water partition coefficient (Wildman–Crippen LogP) is 3.12. The van der Waals surface area contributed by atoms with Crippen LogP contribution >= 0.6 is 0 Å². The van der Waals surface area contributed by atoms with Crippen LogP contribution in [0, 0.1) is 0 Å². The number of hydrogen-bond acceptors (Lipinski definition) is 5. The Hall–Kier alpha value is -2.86. The minimum atomic E-state index is -0.109. The molecule has 1 aliphatic rings. The number of ether oxygens (including phenoxy) is 1. The molecule has 1 N–H and O–H groups in total. The summed E-state index contributed by atoms with van der Waals surface area (Å²) in [7, 11) is 2.14. The Balaban J connectivity index is 1.48. The van der Waals surface area contributed by atoms with Crippen molar-refractivity contribution >= 4 is 17.4 Å². The lowest BCUT2D eigenvalue weighted by atomic mass is 10.1. The van der Waals surface area contributed by atoms with E-state index in [1.54, 1.807) is 24.3 Å². The molecular formula is C24H31N3O3. The van der Waals surface area contributed by atoms with Gasteiger partial charge >= 0.3 is 0 Å². The molecule has 0 bridgehead atoms. The number of benzene rings is 2. The molecular weight excluding hydrogens is 378 g/mol. The van der Waals surface area contributed by atoms with Crippen LogP contribution in [0.4, 0.5) is 5.69 Å². The summed E-state index contributed by atoms with van der Waals surface area (Å²) >= 11 is 0. The SMILES string of the molecule is CCOc1ccc(C(=O)CCC(=O)NCc2ccccc2N2CCN(C)CC2)cc1. The molecule has 1 saturated heterocycles. The van der Waals surface area contributed by atoms with E-state index in [1.165, 1.54) is 5.69 Å². The number of amides is 1. The molecule has 0 radical (unpaired) electrons. The molecule has 0 spiro atoms. The van der Waals surface area contributed by atoms with Crippen LogP contribution in [-0.2, 0) is 11.3 Å². The van der Waals surface area contributed by atoms with E-state index in [1.807, 2.05) is 19.1 Å². The third-order valence-corrected chi connectivity index (χ3v) is 5.38. The van der Waals surface area contributed by atoms with Crippen LogP contribution in [-0.4, -0.2) is 56.4 Å². The van der Waals surface area contributed by atoms with Crippen LogP contribution in [0.3, 0.4) is 0 Å². The summed E-state index contributed by atoms with van der Waals surface area (Å²) in [5, 5.41) is 2.97. The number of anilines is 1. The zero-order chi connectivity index (χ0) is 21.3. The van der Waals surface area contributed by atoms with Gasteiger partial charge in [-0.3, -0.25) is 9.59 Å². The van der Waals surface area contributed by atoms with E-state index < -0.39 is 0 Å². The summed E-state index contributed by atoms with van der Waals surface area (Å²) in [6.45, 7) is 7.02. The Morgan fingerprint density at radius 1 is 0.967 bits per heavy atom. The van der Waals surface area contributed by atoms with E-state index in [0.717, 1.165) is 37.5 Å². The molecule has 1 fully saturated rings. The van der Waals surface area contributed by atoms with Crippen molar-refractivity contribution in [1.29, 1.82) is 0 Å². The van der Waals surface area contributed by atoms with E-state index in [9.17, 15) is 9.59 Å². The predicted molar refractivity (Wildman–Crippen MR) is 119 cm³/mol. The molecule has 160 valence electrons. The maximum Gasteiger partial charge on any atom is 0.220 e. The Labute approximate surface area is 178 Å². The number of rotatable bonds is 9. The summed E-state index contributed by atoms with van der Waals surface area (Å²) in [5.41, 5.74) is 2.89. The monoisotopic (exact) mass is 409 g/mol. The molecule has 0 saturated carbocycles. The van der Waals surface area contributed by atoms with Crippen molar-refractivity contribution < 1.29 is 14.3 Å². The smallest absolute Gasteiger partial charge is 0.220 e. The number of para-hydroxylation sites is 1. The number of Topliss-reactive ketones (excluding diaryl/α,β-unsaturated/α-hetero) is 1. The van der Waals surface area contributed by atoms with Gasteiger partial charge < -0.3 is 19.9 Å². The third kappa shape index (κ3) is 6.07. The van der Waals surface area contributed by atoms with Gasteiger partial charge in [-0.05, 0) is 49.9 Å². The van der Waals surface area contributed by atoms with Gasteiger partial charge in [0, 0.05) is 56.8 Å². The summed E-state index contributed by atoms with van der Waals surface area (Å²) in [4.78, 5) is 29.4. The van der Waals surface area contributed by atoms with Crippen LogP contribution < -0.4 is 15.0 Å². The van der Waals surface area contributed by atoms with Crippen LogP contribution in [0.1, 0.15) is 35.7 Å². The van der Waals surface area contributed by atoms with Gasteiger partial charge in [-0.2, -0.15) is 0 Å². The van der Waals surface area contributed by atoms with Crippen LogP contribution in [0.25, 0.3) is 0 Å². The highest BCUT2D eigenvalue weighted by atomic mass is 16.5. The molecule has 0 aliphatic carbocycles. The summed E-state index contributed by atoms with van der Waals surface area (Å²) < 4.78 is 5.39. The van der Waals surface area contributed by atoms with Gasteiger partial charge in [0.2, 0.25) is 5.91 Å². The van der Waals surface area contributed by atoms with Crippen LogP contribution in [0.5, 0.6) is 5.75 Å². The first kappa shape index (κ1) is 21.8. The van der Waals surface area contributed by atoms with Gasteiger partial charge in [0.05, 0.1) is 6.61 Å². The summed E-state index contributed by atoms with van der Waals surface area (Å²) in [5.74, 6) is 0.597. The summed E-state index contributed by atoms with van der Waals surface area (Å²) in [6, 6.07) is 15.3. The average molecular weight is 410 g/mol. The molecule has 2 aromatic rings. The Morgan fingerprint density at radius 3 is 2.37 bits per heavy atom. The molecule has 3 rings (SSSR count). The zero-order valence-corrected chi connectivity index (χ0v) is 17.9. The van der Waals surface area contributed by atoms with E-state index in [2.05, 4.69) is 34.3 Å². The third-order valence-electron chi connectivity index (χ3n) is 5.38. The lowest BCUT2D eigenvalue weighted by molar-refractivity contribution is -0.121. The fraction of sp³-hybridized carbons (Fsp3) is 0.417. The van der Waals surface area contributed by atoms with Gasteiger partial charge in [0.25, 0.3) is 0 Å². The van der Waals surface area contributed by atoms with Crippen molar-refractivity contribution in [2.24, 2.45) is 0 Å². The number of nitrogens with one attached hydrogen (secondary N) is 1. The highest BCUT2D eigenvalue weighted by molar-refractivity contribution is 5.98. The molecule has 0 atom stereocenters. The Morgan fingerprint density at radius 2 is 1.67 bits per heavy atom. The van der Waals surface area contributed by atoms with Gasteiger partial charge in [-0.15, -0.1) is 0 Å². The van der Waals surface area contributed by atoms with Crippen molar-refractivity contribution in [3.63, 3.8) is 0 Å². The van der Waals surface area contributed by atoms with Crippen molar-refractivity contribution in [2.45, 2.75) is 26.3 Å². The first-order chi connectivity index (χ1) is 14.6. The minimum absolute atomic E-state index is 0.0361. The molecule has 1 amide bonds. The molecule has 0 aromatic heterocycles. The normalized spacial score (nSPS) is 14.4. The highest BCUT2D eigenvalue weighted by Gasteiger charge is 2.17. The van der Waals surface area contributed by atoms with Crippen molar-refractivity contribution in [1.82, 2.24) is 10.2 Å². The summed E-state index contributed by atoms with van der Waals surface area (Å²) in [6.07, 6.45) is 0.378. The largest absolute Gasteiger partial charge is 0.494 e. The average Bonchev–Trinajstić information content (AvgIpc) is 2.77. The van der Waals surface area contributed by atoms with E-state index >= 15 is 0 Å². The van der Waals surface area contributed by atoms with Gasteiger partial charge in [-0.1, -0.05) is 18.2 Å². The lowest BCUT2D eigenvalue weighted by Gasteiger charge is -2.35. The lowest BCUT2D eigenvalue weighted by Crippen LogP contribution is -2.45. The molecule has 1 heterocycles. The second-order valence-electron chi connectivity index (χ2n) is 7.58. The molecule has 6 nitrogen and oxygen atoms in total. The maximum atomic E-state index is 12.3. The van der Waals surface area contributed by atoms with Crippen molar-refractivity contribution in [3.05, 3.63) is 59.7 Å². The highest BCUT2D eigenvalue weighted by Crippen LogP contribution is 2.21. The molecule has 1 aliphatic heterocycles. The fourth-order valence-corrected chi connectivity index (χ4v) is 3.57. The fourth-order valence-electron chi connectivity index (χ4n) is 3.57. The van der Waals surface area contributed by atoms with Gasteiger partial charge in [0.15, 0.2) is 5.78 Å². The second-order valence-corrected chi connectivity index (χ2v) is 7.58. The van der Waals surface area contributed by atoms with E-state index in [-0.39, 0.29) is 24.5 Å². The first-order valence-corrected chi connectivity index (χ1v) is 10.6. The molecule has 6 heteroatoms. The number of likely N-dealkylation sites (N-methyl/N-ethyl adjacent to an activating group) is 1. The zero-order valence-electron chi connectivity index (χ0n) is 17.9. The topological polar surface area (TPSA) is 61.9 Å². The van der Waals surface area contributed by atoms with Crippen molar-refractivity contribution in [3.8, 4) is 5.75 Å². The van der Waals surface area contributed by atoms with E-state index in [0.29, 0.717) is 18.7 Å². The first-order valence-electron chi connectivity index (χ1n) is 10.6. The van der Waals surface area contributed by atoms with Crippen molar-refractivity contribution in [2.75, 3.05) is 44.7 Å². The molecule has 30 heavy (non-hydrogen) atoms. The Kier molecular flexibility index (Phi) is 7.85. The number of piperazine rings is 1.